The molecular formula is C22H19N3O2. The Morgan fingerprint density at radius 1 is 1.07 bits per heavy atom. The number of nitrogens with zero attached hydrogens (tertiary/aromatic N) is 2. The highest BCUT2D eigenvalue weighted by Crippen LogP contribution is 2.45. The molecule has 3 aromatic rings. The van der Waals surface area contributed by atoms with Gasteiger partial charge >= 0.3 is 0 Å². The number of para-hydroxylation sites is 1. The van der Waals surface area contributed by atoms with Crippen molar-refractivity contribution in [3.63, 3.8) is 0 Å². The summed E-state index contributed by atoms with van der Waals surface area (Å²) in [7, 11) is 0. The molecule has 3 aliphatic rings. The summed E-state index contributed by atoms with van der Waals surface area (Å²) in [5.74, 6) is 0.0107. The Balaban J connectivity index is 1.49. The highest BCUT2D eigenvalue weighted by molar-refractivity contribution is 6.07. The molecule has 0 aliphatic carbocycles. The van der Waals surface area contributed by atoms with Crippen LogP contribution in [0.25, 0.3) is 10.9 Å². The minimum atomic E-state index is -0.895. The molecule has 1 aromatic heterocycles. The first-order chi connectivity index (χ1) is 13.1. The van der Waals surface area contributed by atoms with Crippen LogP contribution in [0.4, 0.5) is 0 Å². The number of benzene rings is 2. The number of aromatic nitrogens is 1. The summed E-state index contributed by atoms with van der Waals surface area (Å²) in [6.45, 7) is 3.08. The van der Waals surface area contributed by atoms with Crippen LogP contribution in [0.2, 0.25) is 0 Å². The number of carbonyl (C=O) groups excluding carboxylic acids is 2. The Hall–Kier alpha value is -3.08. The van der Waals surface area contributed by atoms with Crippen molar-refractivity contribution in [3.05, 3.63) is 70.9 Å². The highest BCUT2D eigenvalue weighted by atomic mass is 16.2. The lowest BCUT2D eigenvalue weighted by Crippen LogP contribution is -2.66. The Morgan fingerprint density at radius 2 is 1.85 bits per heavy atom. The van der Waals surface area contributed by atoms with E-state index in [0.717, 1.165) is 17.5 Å². The number of carbonyl (C=O) groups is 2. The van der Waals surface area contributed by atoms with Crippen molar-refractivity contribution in [2.45, 2.75) is 31.5 Å². The van der Waals surface area contributed by atoms with E-state index in [0.29, 0.717) is 18.7 Å². The van der Waals surface area contributed by atoms with Crippen LogP contribution in [-0.2, 0) is 23.3 Å². The molecule has 1 saturated heterocycles. The lowest BCUT2D eigenvalue weighted by atomic mass is 9.84. The van der Waals surface area contributed by atoms with Crippen molar-refractivity contribution in [1.29, 1.82) is 0 Å². The van der Waals surface area contributed by atoms with Gasteiger partial charge in [0.2, 0.25) is 0 Å². The Kier molecular flexibility index (Phi) is 2.67. The van der Waals surface area contributed by atoms with Crippen LogP contribution >= 0.6 is 0 Å². The monoisotopic (exact) mass is 357 g/mol. The SMILES string of the molecule is CC12C(=O)N3Cc4c([nH]c5ccccc45)CC3CN1C(=O)c1ccccc12. The topological polar surface area (TPSA) is 56.4 Å². The molecule has 2 aromatic carbocycles. The number of nitrogens with one attached hydrogen (secondary N) is 1. The number of amides is 2. The normalized spacial score (nSPS) is 26.0. The second-order valence-electron chi connectivity index (χ2n) is 7.95. The van der Waals surface area contributed by atoms with Crippen LogP contribution in [0.1, 0.15) is 34.1 Å². The van der Waals surface area contributed by atoms with Gasteiger partial charge in [-0.25, -0.2) is 0 Å². The molecule has 0 radical (unpaired) electrons. The van der Waals surface area contributed by atoms with Gasteiger partial charge in [-0.3, -0.25) is 9.59 Å². The fourth-order valence-corrected chi connectivity index (χ4v) is 5.23. The summed E-state index contributed by atoms with van der Waals surface area (Å²) in [4.78, 5) is 34.0. The molecule has 5 heteroatoms. The quantitative estimate of drug-likeness (QED) is 0.673. The van der Waals surface area contributed by atoms with Crippen molar-refractivity contribution < 1.29 is 9.59 Å². The first-order valence-corrected chi connectivity index (χ1v) is 9.40. The van der Waals surface area contributed by atoms with Crippen LogP contribution in [0.5, 0.6) is 0 Å². The van der Waals surface area contributed by atoms with Crippen LogP contribution in [0.15, 0.2) is 48.5 Å². The van der Waals surface area contributed by atoms with Gasteiger partial charge in [-0.2, -0.15) is 0 Å². The molecule has 134 valence electrons. The number of fused-ring (bicyclic) bond motifs is 7. The van der Waals surface area contributed by atoms with E-state index in [4.69, 9.17) is 0 Å². The second kappa shape index (κ2) is 4.80. The van der Waals surface area contributed by atoms with Gasteiger partial charge in [0.05, 0.1) is 6.04 Å². The van der Waals surface area contributed by atoms with Gasteiger partial charge in [-0.1, -0.05) is 36.4 Å². The van der Waals surface area contributed by atoms with E-state index in [2.05, 4.69) is 17.1 Å². The van der Waals surface area contributed by atoms with Crippen molar-refractivity contribution in [2.24, 2.45) is 0 Å². The third-order valence-corrected chi connectivity index (χ3v) is 6.65. The molecule has 5 nitrogen and oxygen atoms in total. The van der Waals surface area contributed by atoms with Gasteiger partial charge in [0, 0.05) is 47.2 Å². The number of hydrogen-bond acceptors (Lipinski definition) is 2. The Labute approximate surface area is 156 Å². The van der Waals surface area contributed by atoms with Gasteiger partial charge in [0.15, 0.2) is 0 Å². The molecule has 0 saturated carbocycles. The number of aromatic amines is 1. The van der Waals surface area contributed by atoms with Gasteiger partial charge in [0.1, 0.15) is 5.54 Å². The average molecular weight is 357 g/mol. The number of H-pyrrole nitrogens is 1. The van der Waals surface area contributed by atoms with E-state index in [1.165, 1.54) is 16.6 Å². The first-order valence-electron chi connectivity index (χ1n) is 9.40. The van der Waals surface area contributed by atoms with Gasteiger partial charge in [-0.15, -0.1) is 0 Å². The van der Waals surface area contributed by atoms with Crippen LogP contribution < -0.4 is 0 Å². The van der Waals surface area contributed by atoms with E-state index in [-0.39, 0.29) is 17.9 Å². The second-order valence-corrected chi connectivity index (χ2v) is 7.95. The molecule has 4 heterocycles. The van der Waals surface area contributed by atoms with Crippen molar-refractivity contribution >= 4 is 22.7 Å². The zero-order valence-electron chi connectivity index (χ0n) is 15.0. The molecule has 1 fully saturated rings. The lowest BCUT2D eigenvalue weighted by Gasteiger charge is -2.50. The fraction of sp³-hybridized carbons (Fsp3) is 0.273. The zero-order valence-corrected chi connectivity index (χ0v) is 15.0. The largest absolute Gasteiger partial charge is 0.358 e. The fourth-order valence-electron chi connectivity index (χ4n) is 5.23. The minimum Gasteiger partial charge on any atom is -0.358 e. The van der Waals surface area contributed by atoms with E-state index < -0.39 is 5.54 Å². The van der Waals surface area contributed by atoms with Crippen LogP contribution in [-0.4, -0.2) is 39.2 Å². The maximum atomic E-state index is 13.7. The average Bonchev–Trinajstić information content (AvgIpc) is 3.16. The molecule has 0 spiro atoms. The zero-order chi connectivity index (χ0) is 18.3. The number of rotatable bonds is 0. The first kappa shape index (κ1) is 15.0. The van der Waals surface area contributed by atoms with E-state index >= 15 is 0 Å². The maximum Gasteiger partial charge on any atom is 0.255 e. The summed E-state index contributed by atoms with van der Waals surface area (Å²) in [6.07, 6.45) is 0.756. The van der Waals surface area contributed by atoms with Crippen molar-refractivity contribution in [1.82, 2.24) is 14.8 Å². The standard InChI is InChI=1S/C22H19N3O2/c1-22-17-8-4-2-7-15(17)20(26)25(22)11-13-10-19-16(12-24(13)21(22)27)14-6-3-5-9-18(14)23-19/h2-9,13,23H,10-12H2,1H3. The van der Waals surface area contributed by atoms with Crippen LogP contribution in [0, 0.1) is 0 Å². The molecule has 1 N–H and O–H groups in total. The van der Waals surface area contributed by atoms with E-state index in [1.54, 1.807) is 4.90 Å². The number of piperazine rings is 1. The molecule has 27 heavy (non-hydrogen) atoms. The third-order valence-electron chi connectivity index (χ3n) is 6.65. The molecule has 2 atom stereocenters. The third kappa shape index (κ3) is 1.70. The molecule has 2 amide bonds. The van der Waals surface area contributed by atoms with Crippen LogP contribution in [0.3, 0.4) is 0 Å². The van der Waals surface area contributed by atoms with E-state index in [9.17, 15) is 9.59 Å². The smallest absolute Gasteiger partial charge is 0.255 e. The summed E-state index contributed by atoms with van der Waals surface area (Å²) in [5.41, 5.74) is 4.12. The van der Waals surface area contributed by atoms with Gasteiger partial charge in [0.25, 0.3) is 11.8 Å². The van der Waals surface area contributed by atoms with Gasteiger partial charge in [-0.05, 0) is 24.6 Å². The molecule has 2 unspecified atom stereocenters. The van der Waals surface area contributed by atoms with E-state index in [1.807, 2.05) is 48.2 Å². The molecule has 6 rings (SSSR count). The molecular weight excluding hydrogens is 338 g/mol. The minimum absolute atomic E-state index is 0.0180. The summed E-state index contributed by atoms with van der Waals surface area (Å²) >= 11 is 0. The van der Waals surface area contributed by atoms with Crippen molar-refractivity contribution in [2.75, 3.05) is 6.54 Å². The predicted octanol–water partition coefficient (Wildman–Crippen LogP) is 2.81. The summed E-state index contributed by atoms with van der Waals surface area (Å²) in [6, 6.07) is 15.8. The predicted molar refractivity (Wildman–Crippen MR) is 101 cm³/mol. The Bertz CT molecular complexity index is 1150. The maximum absolute atomic E-state index is 13.7. The molecule has 0 bridgehead atoms. The van der Waals surface area contributed by atoms with Gasteiger partial charge < -0.3 is 14.8 Å². The summed E-state index contributed by atoms with van der Waals surface area (Å²) < 4.78 is 0. The van der Waals surface area contributed by atoms with Crippen molar-refractivity contribution in [3.8, 4) is 0 Å². The highest BCUT2D eigenvalue weighted by Gasteiger charge is 2.58. The Morgan fingerprint density at radius 3 is 2.74 bits per heavy atom. The lowest BCUT2D eigenvalue weighted by molar-refractivity contribution is -0.153. The molecule has 3 aliphatic heterocycles. The summed E-state index contributed by atoms with van der Waals surface area (Å²) in [5, 5.41) is 1.19. The number of hydrogen-bond donors (Lipinski definition) is 1.